The van der Waals surface area contributed by atoms with Crippen LogP contribution in [0.5, 0.6) is 0 Å². The SMILES string of the molecule is Cc1cccc(NC(=O)NCC[C@@H](O)C2CCOCC2)c1. The number of ether oxygens (including phenoxy) is 1. The predicted octanol–water partition coefficient (Wildman–Crippen LogP) is 2.29. The third-order valence-electron chi connectivity index (χ3n) is 3.81. The average Bonchev–Trinajstić information content (AvgIpc) is 2.48. The molecule has 0 saturated carbocycles. The zero-order valence-electron chi connectivity index (χ0n) is 12.5. The van der Waals surface area contributed by atoms with Gasteiger partial charge < -0.3 is 20.5 Å². The maximum atomic E-state index is 11.8. The van der Waals surface area contributed by atoms with Crippen LogP contribution in [0.2, 0.25) is 0 Å². The summed E-state index contributed by atoms with van der Waals surface area (Å²) in [5.41, 5.74) is 1.88. The van der Waals surface area contributed by atoms with Crippen molar-refractivity contribution in [1.29, 1.82) is 0 Å². The standard InChI is InChI=1S/C16H24N2O3/c1-12-3-2-4-14(11-12)18-16(20)17-8-5-15(19)13-6-9-21-10-7-13/h2-4,11,13,15,19H,5-10H2,1H3,(H2,17,18,20)/t15-/m1/s1. The number of urea groups is 1. The Bertz CT molecular complexity index is 459. The molecule has 1 atom stereocenters. The van der Waals surface area contributed by atoms with E-state index in [4.69, 9.17) is 4.74 Å². The summed E-state index contributed by atoms with van der Waals surface area (Å²) in [5, 5.41) is 15.6. The molecule has 1 saturated heterocycles. The minimum Gasteiger partial charge on any atom is -0.393 e. The number of benzene rings is 1. The summed E-state index contributed by atoms with van der Waals surface area (Å²) in [6.07, 6.45) is 2.01. The number of aryl methyl sites for hydroxylation is 1. The first-order valence-corrected chi connectivity index (χ1v) is 7.52. The van der Waals surface area contributed by atoms with Gasteiger partial charge in [0.1, 0.15) is 0 Å². The molecule has 0 aliphatic carbocycles. The lowest BCUT2D eigenvalue weighted by atomic mass is 9.92. The quantitative estimate of drug-likeness (QED) is 0.780. The Kier molecular flexibility index (Phi) is 6.02. The monoisotopic (exact) mass is 292 g/mol. The highest BCUT2D eigenvalue weighted by atomic mass is 16.5. The van der Waals surface area contributed by atoms with Crippen LogP contribution in [0.4, 0.5) is 10.5 Å². The van der Waals surface area contributed by atoms with Crippen LogP contribution in [0.15, 0.2) is 24.3 Å². The second-order valence-electron chi connectivity index (χ2n) is 5.56. The zero-order valence-corrected chi connectivity index (χ0v) is 12.5. The Balaban J connectivity index is 1.66. The number of rotatable bonds is 5. The largest absolute Gasteiger partial charge is 0.393 e. The summed E-state index contributed by atoms with van der Waals surface area (Å²) in [5.74, 6) is 0.292. The molecule has 0 spiro atoms. The van der Waals surface area contributed by atoms with E-state index in [2.05, 4.69) is 10.6 Å². The topological polar surface area (TPSA) is 70.6 Å². The summed E-state index contributed by atoms with van der Waals surface area (Å²) in [6, 6.07) is 7.41. The van der Waals surface area contributed by atoms with Crippen molar-refractivity contribution >= 4 is 11.7 Å². The van der Waals surface area contributed by atoms with Gasteiger partial charge in [0.15, 0.2) is 0 Å². The molecule has 0 bridgehead atoms. The smallest absolute Gasteiger partial charge is 0.319 e. The first-order chi connectivity index (χ1) is 10.1. The molecule has 0 radical (unpaired) electrons. The summed E-state index contributed by atoms with van der Waals surface area (Å²) < 4.78 is 5.28. The Labute approximate surface area is 125 Å². The Morgan fingerprint density at radius 3 is 2.90 bits per heavy atom. The molecular weight excluding hydrogens is 268 g/mol. The number of nitrogens with one attached hydrogen (secondary N) is 2. The molecule has 1 aliphatic rings. The van der Waals surface area contributed by atoms with Crippen molar-refractivity contribution in [2.24, 2.45) is 5.92 Å². The van der Waals surface area contributed by atoms with Crippen LogP contribution in [0.25, 0.3) is 0 Å². The predicted molar refractivity (Wildman–Crippen MR) is 82.4 cm³/mol. The van der Waals surface area contributed by atoms with E-state index in [1.54, 1.807) is 0 Å². The van der Waals surface area contributed by atoms with Crippen LogP contribution >= 0.6 is 0 Å². The fourth-order valence-corrected chi connectivity index (χ4v) is 2.57. The number of carbonyl (C=O) groups excluding carboxylic acids is 1. The summed E-state index contributed by atoms with van der Waals surface area (Å²) in [6.45, 7) is 3.90. The van der Waals surface area contributed by atoms with Gasteiger partial charge in [-0.15, -0.1) is 0 Å². The van der Waals surface area contributed by atoms with Crippen LogP contribution in [0.3, 0.4) is 0 Å². The van der Waals surface area contributed by atoms with E-state index in [1.165, 1.54) is 0 Å². The van der Waals surface area contributed by atoms with E-state index >= 15 is 0 Å². The summed E-state index contributed by atoms with van der Waals surface area (Å²) in [4.78, 5) is 11.8. The lowest BCUT2D eigenvalue weighted by molar-refractivity contribution is 0.00549. The minimum atomic E-state index is -0.367. The lowest BCUT2D eigenvalue weighted by Crippen LogP contribution is -2.34. The Morgan fingerprint density at radius 2 is 2.19 bits per heavy atom. The number of aliphatic hydroxyl groups excluding tert-OH is 1. The van der Waals surface area contributed by atoms with Crippen LogP contribution in [-0.2, 0) is 4.74 Å². The molecule has 0 aromatic heterocycles. The summed E-state index contributed by atoms with van der Waals surface area (Å²) >= 11 is 0. The van der Waals surface area contributed by atoms with E-state index in [1.807, 2.05) is 31.2 Å². The van der Waals surface area contributed by atoms with Gasteiger partial charge in [-0.2, -0.15) is 0 Å². The van der Waals surface area contributed by atoms with Crippen molar-refractivity contribution in [3.8, 4) is 0 Å². The molecule has 21 heavy (non-hydrogen) atoms. The Morgan fingerprint density at radius 1 is 1.43 bits per heavy atom. The fraction of sp³-hybridized carbons (Fsp3) is 0.562. The highest BCUT2D eigenvalue weighted by Crippen LogP contribution is 2.20. The molecule has 2 amide bonds. The van der Waals surface area contributed by atoms with Gasteiger partial charge in [-0.3, -0.25) is 0 Å². The van der Waals surface area contributed by atoms with Gasteiger partial charge in [-0.25, -0.2) is 4.79 Å². The maximum absolute atomic E-state index is 11.8. The molecule has 1 aliphatic heterocycles. The van der Waals surface area contributed by atoms with Crippen molar-refractivity contribution in [3.05, 3.63) is 29.8 Å². The Hall–Kier alpha value is -1.59. The van der Waals surface area contributed by atoms with Crippen molar-refractivity contribution in [2.75, 3.05) is 25.1 Å². The molecule has 0 unspecified atom stereocenters. The van der Waals surface area contributed by atoms with Crippen molar-refractivity contribution in [3.63, 3.8) is 0 Å². The normalized spacial score (nSPS) is 17.2. The van der Waals surface area contributed by atoms with Gasteiger partial charge in [-0.05, 0) is 49.8 Å². The molecule has 116 valence electrons. The first-order valence-electron chi connectivity index (χ1n) is 7.52. The van der Waals surface area contributed by atoms with Gasteiger partial charge in [0.2, 0.25) is 0 Å². The van der Waals surface area contributed by atoms with Gasteiger partial charge in [0.05, 0.1) is 6.10 Å². The molecule has 3 N–H and O–H groups in total. The van der Waals surface area contributed by atoms with Crippen LogP contribution < -0.4 is 10.6 Å². The molecular formula is C16H24N2O3. The summed E-state index contributed by atoms with van der Waals surface area (Å²) in [7, 11) is 0. The van der Waals surface area contributed by atoms with Gasteiger partial charge in [0, 0.05) is 25.4 Å². The third kappa shape index (κ3) is 5.36. The molecule has 1 fully saturated rings. The van der Waals surface area contributed by atoms with Gasteiger partial charge >= 0.3 is 6.03 Å². The van der Waals surface area contributed by atoms with E-state index in [0.29, 0.717) is 18.9 Å². The van der Waals surface area contributed by atoms with Gasteiger partial charge in [0.25, 0.3) is 0 Å². The average molecular weight is 292 g/mol. The highest BCUT2D eigenvalue weighted by Gasteiger charge is 2.21. The van der Waals surface area contributed by atoms with E-state index < -0.39 is 0 Å². The fourth-order valence-electron chi connectivity index (χ4n) is 2.57. The number of amides is 2. The number of aliphatic hydroxyl groups is 1. The van der Waals surface area contributed by atoms with Crippen molar-refractivity contribution in [2.45, 2.75) is 32.3 Å². The number of carbonyl (C=O) groups is 1. The maximum Gasteiger partial charge on any atom is 0.319 e. The number of hydrogen-bond acceptors (Lipinski definition) is 3. The number of hydrogen-bond donors (Lipinski definition) is 3. The zero-order chi connectivity index (χ0) is 15.1. The highest BCUT2D eigenvalue weighted by molar-refractivity contribution is 5.89. The van der Waals surface area contributed by atoms with E-state index in [9.17, 15) is 9.90 Å². The van der Waals surface area contributed by atoms with E-state index in [0.717, 1.165) is 37.3 Å². The van der Waals surface area contributed by atoms with E-state index in [-0.39, 0.29) is 12.1 Å². The first kappa shape index (κ1) is 15.8. The molecule has 2 rings (SSSR count). The minimum absolute atomic E-state index is 0.236. The van der Waals surface area contributed by atoms with Crippen LogP contribution in [0.1, 0.15) is 24.8 Å². The second kappa shape index (κ2) is 8.00. The molecule has 1 aromatic carbocycles. The van der Waals surface area contributed by atoms with Crippen LogP contribution in [-0.4, -0.2) is 37.0 Å². The third-order valence-corrected chi connectivity index (χ3v) is 3.81. The lowest BCUT2D eigenvalue weighted by Gasteiger charge is -2.26. The molecule has 5 heteroatoms. The molecule has 1 heterocycles. The molecule has 5 nitrogen and oxygen atoms in total. The van der Waals surface area contributed by atoms with Crippen molar-refractivity contribution in [1.82, 2.24) is 5.32 Å². The van der Waals surface area contributed by atoms with Crippen molar-refractivity contribution < 1.29 is 14.6 Å². The second-order valence-corrected chi connectivity index (χ2v) is 5.56. The van der Waals surface area contributed by atoms with Crippen LogP contribution in [0, 0.1) is 12.8 Å². The molecule has 1 aromatic rings. The number of anilines is 1. The van der Waals surface area contributed by atoms with Gasteiger partial charge in [-0.1, -0.05) is 12.1 Å².